The van der Waals surface area contributed by atoms with E-state index >= 15 is 0 Å². The zero-order chi connectivity index (χ0) is 47.4. The second-order valence-electron chi connectivity index (χ2n) is 19.3. The van der Waals surface area contributed by atoms with Gasteiger partial charge < -0.3 is 20.3 Å². The molecule has 3 N–H and O–H groups in total. The van der Waals surface area contributed by atoms with Crippen LogP contribution in [0.1, 0.15) is 290 Å². The van der Waals surface area contributed by atoms with E-state index in [-0.39, 0.29) is 24.9 Å². The number of ether oxygens (including phenoxy) is 1. The average Bonchev–Trinajstić information content (AvgIpc) is 3.30. The standard InChI is InChI=1S/C59H109NO5/c1-4-7-10-13-16-19-22-25-27-29-31-33-36-39-42-45-48-51-57(62)56(54-61)60-58(63)53-55(50-47-44-41-38-35-24-21-18-15-12-9-6-3)65-59(64)52-49-46-43-40-37-34-32-30-28-26-23-20-17-14-11-8-5-2/h17,20,26,28,32,34,40,43,55-57,61-62H,4-16,18-19,21-25,27,29-31,33,35-39,41-42,44-54H2,1-3H3,(H,60,63)/b20-17-,28-26-,34-32-,43-40-. The fraction of sp³-hybridized carbons (Fsp3) is 0.831. The van der Waals surface area contributed by atoms with E-state index in [0.29, 0.717) is 25.7 Å². The number of unbranched alkanes of at least 4 members (excludes halogenated alkanes) is 31. The zero-order valence-electron chi connectivity index (χ0n) is 43.4. The Morgan fingerprint density at radius 3 is 1.18 bits per heavy atom. The Bertz CT molecular complexity index is 1110. The van der Waals surface area contributed by atoms with Gasteiger partial charge in [0, 0.05) is 6.42 Å². The van der Waals surface area contributed by atoms with Gasteiger partial charge in [0.15, 0.2) is 0 Å². The van der Waals surface area contributed by atoms with Crippen LogP contribution in [-0.2, 0) is 14.3 Å². The highest BCUT2D eigenvalue weighted by Gasteiger charge is 2.24. The van der Waals surface area contributed by atoms with Crippen LogP contribution in [0.3, 0.4) is 0 Å². The van der Waals surface area contributed by atoms with E-state index in [4.69, 9.17) is 4.74 Å². The van der Waals surface area contributed by atoms with Crippen LogP contribution in [0.2, 0.25) is 0 Å². The second-order valence-corrected chi connectivity index (χ2v) is 19.3. The smallest absolute Gasteiger partial charge is 0.306 e. The molecule has 0 spiro atoms. The summed E-state index contributed by atoms with van der Waals surface area (Å²) in [5.41, 5.74) is 0. The van der Waals surface area contributed by atoms with Gasteiger partial charge in [0.2, 0.25) is 5.91 Å². The lowest BCUT2D eigenvalue weighted by Crippen LogP contribution is -2.46. The van der Waals surface area contributed by atoms with Crippen molar-refractivity contribution in [1.29, 1.82) is 0 Å². The van der Waals surface area contributed by atoms with Crippen LogP contribution in [-0.4, -0.2) is 46.9 Å². The molecular formula is C59H109NO5. The predicted molar refractivity (Wildman–Crippen MR) is 282 cm³/mol. The first-order valence-corrected chi connectivity index (χ1v) is 28.4. The van der Waals surface area contributed by atoms with Crippen LogP contribution < -0.4 is 5.32 Å². The van der Waals surface area contributed by atoms with E-state index in [9.17, 15) is 19.8 Å². The summed E-state index contributed by atoms with van der Waals surface area (Å²) >= 11 is 0. The van der Waals surface area contributed by atoms with Crippen molar-refractivity contribution in [3.8, 4) is 0 Å². The molecule has 0 saturated heterocycles. The van der Waals surface area contributed by atoms with Crippen molar-refractivity contribution < 1.29 is 24.5 Å². The van der Waals surface area contributed by atoms with Crippen LogP contribution in [0.15, 0.2) is 48.6 Å². The van der Waals surface area contributed by atoms with Crippen molar-refractivity contribution in [2.24, 2.45) is 0 Å². The lowest BCUT2D eigenvalue weighted by molar-refractivity contribution is -0.151. The lowest BCUT2D eigenvalue weighted by Gasteiger charge is -2.24. The topological polar surface area (TPSA) is 95.9 Å². The normalized spacial score (nSPS) is 13.5. The summed E-state index contributed by atoms with van der Waals surface area (Å²) < 4.78 is 5.92. The maximum Gasteiger partial charge on any atom is 0.306 e. The summed E-state index contributed by atoms with van der Waals surface area (Å²) in [5.74, 6) is -0.529. The van der Waals surface area contributed by atoms with Gasteiger partial charge in [-0.15, -0.1) is 0 Å². The van der Waals surface area contributed by atoms with Crippen LogP contribution in [0.5, 0.6) is 0 Å². The Balaban J connectivity index is 4.56. The molecule has 0 aromatic rings. The molecule has 0 aliphatic carbocycles. The van der Waals surface area contributed by atoms with Crippen LogP contribution in [0.25, 0.3) is 0 Å². The molecule has 3 unspecified atom stereocenters. The molecule has 6 heteroatoms. The third-order valence-electron chi connectivity index (χ3n) is 12.9. The quantitative estimate of drug-likeness (QED) is 0.0321. The van der Waals surface area contributed by atoms with Gasteiger partial charge in [-0.05, 0) is 64.2 Å². The number of aliphatic hydroxyl groups excluding tert-OH is 2. The van der Waals surface area contributed by atoms with Crippen molar-refractivity contribution in [1.82, 2.24) is 5.32 Å². The molecule has 0 radical (unpaired) electrons. The Morgan fingerprint density at radius 1 is 0.446 bits per heavy atom. The number of aliphatic hydroxyl groups is 2. The summed E-state index contributed by atoms with van der Waals surface area (Å²) in [4.78, 5) is 26.2. The maximum atomic E-state index is 13.2. The number of esters is 1. The molecular weight excluding hydrogens is 803 g/mol. The van der Waals surface area contributed by atoms with Gasteiger partial charge in [-0.1, -0.05) is 262 Å². The molecule has 0 aromatic carbocycles. The predicted octanol–water partition coefficient (Wildman–Crippen LogP) is 17.4. The molecule has 0 fully saturated rings. The van der Waals surface area contributed by atoms with E-state index in [1.54, 1.807) is 0 Å². The van der Waals surface area contributed by atoms with Gasteiger partial charge in [0.05, 0.1) is 25.2 Å². The Morgan fingerprint density at radius 2 is 0.785 bits per heavy atom. The van der Waals surface area contributed by atoms with E-state index < -0.39 is 18.2 Å². The molecule has 0 aliphatic rings. The van der Waals surface area contributed by atoms with E-state index in [0.717, 1.165) is 64.2 Å². The highest BCUT2D eigenvalue weighted by atomic mass is 16.5. The van der Waals surface area contributed by atoms with Gasteiger partial charge in [0.1, 0.15) is 6.10 Å². The van der Waals surface area contributed by atoms with E-state index in [1.165, 1.54) is 173 Å². The molecule has 0 aromatic heterocycles. The number of allylic oxidation sites excluding steroid dienone is 8. The van der Waals surface area contributed by atoms with Gasteiger partial charge in [0.25, 0.3) is 0 Å². The van der Waals surface area contributed by atoms with Gasteiger partial charge in [-0.2, -0.15) is 0 Å². The summed E-state index contributed by atoms with van der Waals surface area (Å²) in [7, 11) is 0. The first kappa shape index (κ1) is 62.8. The van der Waals surface area contributed by atoms with Gasteiger partial charge in [-0.25, -0.2) is 0 Å². The Hall–Kier alpha value is -2.18. The fourth-order valence-corrected chi connectivity index (χ4v) is 8.60. The van der Waals surface area contributed by atoms with Crippen molar-refractivity contribution in [3.63, 3.8) is 0 Å². The summed E-state index contributed by atoms with van der Waals surface area (Å²) in [5, 5.41) is 23.9. The SMILES string of the molecule is CCCCC/C=C\C/C=C\C/C=C\C/C=C\CCCC(=O)OC(CCCCCCCCCCCCCC)CC(=O)NC(CO)C(O)CCCCCCCCCCCCCCCCCCC. The van der Waals surface area contributed by atoms with Crippen molar-refractivity contribution in [2.75, 3.05) is 6.61 Å². The minimum atomic E-state index is -0.796. The first-order valence-electron chi connectivity index (χ1n) is 28.4. The summed E-state index contributed by atoms with van der Waals surface area (Å²) in [6.45, 7) is 6.47. The van der Waals surface area contributed by atoms with Gasteiger partial charge in [-0.3, -0.25) is 9.59 Å². The van der Waals surface area contributed by atoms with E-state index in [1.807, 2.05) is 0 Å². The second kappa shape index (κ2) is 52.8. The Labute approximate surface area is 404 Å². The fourth-order valence-electron chi connectivity index (χ4n) is 8.60. The third-order valence-corrected chi connectivity index (χ3v) is 12.9. The van der Waals surface area contributed by atoms with Gasteiger partial charge >= 0.3 is 5.97 Å². The molecule has 1 amide bonds. The highest BCUT2D eigenvalue weighted by Crippen LogP contribution is 2.18. The number of nitrogens with one attached hydrogen (secondary N) is 1. The van der Waals surface area contributed by atoms with Crippen LogP contribution in [0, 0.1) is 0 Å². The summed E-state index contributed by atoms with van der Waals surface area (Å²) in [6, 6.07) is -0.711. The average molecular weight is 913 g/mol. The molecule has 3 atom stereocenters. The molecule has 0 rings (SSSR count). The molecule has 0 heterocycles. The largest absolute Gasteiger partial charge is 0.462 e. The monoisotopic (exact) mass is 912 g/mol. The van der Waals surface area contributed by atoms with Crippen molar-refractivity contribution in [3.05, 3.63) is 48.6 Å². The third kappa shape index (κ3) is 48.1. The zero-order valence-corrected chi connectivity index (χ0v) is 43.4. The molecule has 65 heavy (non-hydrogen) atoms. The molecule has 0 aliphatic heterocycles. The number of hydrogen-bond acceptors (Lipinski definition) is 5. The minimum Gasteiger partial charge on any atom is -0.462 e. The van der Waals surface area contributed by atoms with Crippen LogP contribution >= 0.6 is 0 Å². The van der Waals surface area contributed by atoms with Crippen molar-refractivity contribution >= 4 is 11.9 Å². The highest BCUT2D eigenvalue weighted by molar-refractivity contribution is 5.77. The number of rotatable bonds is 51. The lowest BCUT2D eigenvalue weighted by atomic mass is 10.0. The molecule has 0 saturated carbocycles. The number of carbonyl (C=O) groups is 2. The molecule has 380 valence electrons. The molecule has 0 bridgehead atoms. The van der Waals surface area contributed by atoms with Crippen LogP contribution in [0.4, 0.5) is 0 Å². The number of amides is 1. The minimum absolute atomic E-state index is 0.0588. The van der Waals surface area contributed by atoms with Crippen molar-refractivity contribution in [2.45, 2.75) is 309 Å². The Kier molecular flexibility index (Phi) is 51.0. The number of carbonyl (C=O) groups excluding carboxylic acids is 2. The van der Waals surface area contributed by atoms with E-state index in [2.05, 4.69) is 74.7 Å². The first-order chi connectivity index (χ1) is 32.0. The maximum absolute atomic E-state index is 13.2. The number of hydrogen-bond donors (Lipinski definition) is 3. The molecule has 6 nitrogen and oxygen atoms in total. The summed E-state index contributed by atoms with van der Waals surface area (Å²) in [6.07, 6.45) is 64.6.